The Hall–Kier alpha value is 0.735. The summed E-state index contributed by atoms with van der Waals surface area (Å²) in [6.07, 6.45) is 0. The minimum Gasteiger partial charge on any atom is -0.248 e. The van der Waals surface area contributed by atoms with Crippen molar-refractivity contribution < 1.29 is 27.7 Å². The van der Waals surface area contributed by atoms with Crippen molar-refractivity contribution in [3.05, 3.63) is 0 Å². The molecule has 0 fully saturated rings. The summed E-state index contributed by atoms with van der Waals surface area (Å²) in [5.74, 6) is 0. The maximum Gasteiger partial charge on any atom is 0.0554 e. The van der Waals surface area contributed by atoms with Gasteiger partial charge in [-0.2, -0.15) is 0 Å². The molecule has 0 saturated heterocycles. The Morgan fingerprint density at radius 1 is 1.75 bits per heavy atom. The van der Waals surface area contributed by atoms with E-state index in [4.69, 9.17) is 5.41 Å². The first-order valence-electron chi connectivity index (χ1n) is 0.454. The van der Waals surface area contributed by atoms with Crippen LogP contribution in [0.3, 0.4) is 0 Å². The largest absolute Gasteiger partial charge is 0.248 e. The van der Waals surface area contributed by atoms with Gasteiger partial charge in [-0.3, -0.25) is 0 Å². The molecule has 0 unspecified atom stereocenters. The Labute approximate surface area is 50.4 Å². The molecule has 4 heavy (non-hydrogen) atoms. The van der Waals surface area contributed by atoms with Crippen LogP contribution in [0.15, 0.2) is 0 Å². The van der Waals surface area contributed by atoms with Crippen molar-refractivity contribution in [2.24, 2.45) is 0 Å². The summed E-state index contributed by atoms with van der Waals surface area (Å²) >= 11 is 3.81. The number of rotatable bonds is 0. The van der Waals surface area contributed by atoms with Crippen molar-refractivity contribution in [3.8, 4) is 0 Å². The molecule has 0 radical (unpaired) electrons. The average Bonchev–Trinajstić information content (AvgIpc) is 0.918. The number of hydrogen-bond donors (Lipinski definition) is 1. The molecule has 0 aromatic heterocycles. The summed E-state index contributed by atoms with van der Waals surface area (Å²) in [5, 5.41) is 7.36. The summed E-state index contributed by atoms with van der Waals surface area (Å²) in [6, 6.07) is 0. The first-order chi connectivity index (χ1) is 1.41. The van der Waals surface area contributed by atoms with E-state index < -0.39 is 0 Å². The van der Waals surface area contributed by atoms with Gasteiger partial charge in [-0.25, -0.2) is 5.41 Å². The minimum absolute atomic E-state index is 0. The van der Waals surface area contributed by atoms with Crippen molar-refractivity contribution in [2.75, 3.05) is 0 Å². The number of hydrogen-bond acceptors (Lipinski definition) is 2. The quantitative estimate of drug-likeness (QED) is 0.386. The molecule has 0 saturated carbocycles. The molecule has 0 aromatic rings. The molecule has 0 spiro atoms. The fraction of sp³-hybridized carbons (Fsp3) is 0. The average molecular weight is 260 g/mol. The van der Waals surface area contributed by atoms with Gasteiger partial charge in [0.1, 0.15) is 0 Å². The van der Waals surface area contributed by atoms with Gasteiger partial charge in [0.2, 0.25) is 0 Å². The molecule has 0 aliphatic heterocycles. The molecule has 1 nitrogen and oxygen atoms in total. The van der Waals surface area contributed by atoms with Crippen LogP contribution in [0.2, 0.25) is 0 Å². The van der Waals surface area contributed by atoms with Crippen LogP contribution in [0.25, 0.3) is 0 Å². The van der Waals surface area contributed by atoms with E-state index >= 15 is 0 Å². The van der Waals surface area contributed by atoms with E-state index in [1.54, 1.807) is 5.16 Å². The molecule has 18 valence electrons. The SMILES string of the molecule is N=C=S.[Hg]. The van der Waals surface area contributed by atoms with Crippen molar-refractivity contribution in [1.82, 2.24) is 0 Å². The minimum atomic E-state index is 0. The van der Waals surface area contributed by atoms with Gasteiger partial charge in [0, 0.05) is 27.7 Å². The van der Waals surface area contributed by atoms with E-state index in [0.717, 1.165) is 0 Å². The third kappa shape index (κ3) is 15.2. The van der Waals surface area contributed by atoms with Gasteiger partial charge < -0.3 is 0 Å². The van der Waals surface area contributed by atoms with Crippen LogP contribution < -0.4 is 0 Å². The van der Waals surface area contributed by atoms with E-state index in [1.807, 2.05) is 0 Å². The van der Waals surface area contributed by atoms with Crippen LogP contribution in [0.1, 0.15) is 0 Å². The molecule has 0 aliphatic rings. The fourth-order valence-corrected chi connectivity index (χ4v) is 0. The van der Waals surface area contributed by atoms with Gasteiger partial charge in [-0.05, 0) is 12.2 Å². The smallest absolute Gasteiger partial charge is 0.0554 e. The van der Waals surface area contributed by atoms with Gasteiger partial charge in [0.15, 0.2) is 0 Å². The Bertz CT molecular complexity index is 29.0. The van der Waals surface area contributed by atoms with Gasteiger partial charge in [-0.1, -0.05) is 0 Å². The number of thiocarbonyl (C=S) groups is 1. The van der Waals surface area contributed by atoms with Crippen LogP contribution >= 0.6 is 12.2 Å². The summed E-state index contributed by atoms with van der Waals surface area (Å²) < 4.78 is 0. The van der Waals surface area contributed by atoms with Crippen LogP contribution in [-0.4, -0.2) is 5.16 Å². The van der Waals surface area contributed by atoms with Crippen molar-refractivity contribution in [1.29, 1.82) is 5.41 Å². The molecule has 0 rings (SSSR count). The second kappa shape index (κ2) is 9.28. The molecular weight excluding hydrogens is 259 g/mol. The Balaban J connectivity index is 0. The van der Waals surface area contributed by atoms with Gasteiger partial charge in [0.05, 0.1) is 5.16 Å². The summed E-state index contributed by atoms with van der Waals surface area (Å²) in [4.78, 5) is 0. The van der Waals surface area contributed by atoms with Crippen LogP contribution in [-0.2, 0) is 27.7 Å². The predicted molar refractivity (Wildman–Crippen MR) is 15.3 cm³/mol. The number of isothiocyanates is 1. The topological polar surface area (TPSA) is 23.9 Å². The molecule has 3 heteroatoms. The van der Waals surface area contributed by atoms with E-state index in [9.17, 15) is 0 Å². The molecule has 1 N–H and O–H groups in total. The summed E-state index contributed by atoms with van der Waals surface area (Å²) in [7, 11) is 0. The third-order valence-electron chi connectivity index (χ3n) is 0. The zero-order chi connectivity index (χ0) is 2.71. The molecule has 0 aromatic carbocycles. The van der Waals surface area contributed by atoms with Gasteiger partial charge in [-0.15, -0.1) is 0 Å². The van der Waals surface area contributed by atoms with Crippen LogP contribution in [0.4, 0.5) is 0 Å². The van der Waals surface area contributed by atoms with Gasteiger partial charge >= 0.3 is 0 Å². The van der Waals surface area contributed by atoms with Crippen molar-refractivity contribution in [2.45, 2.75) is 0 Å². The molecule has 0 aliphatic carbocycles. The van der Waals surface area contributed by atoms with E-state index in [-0.39, 0.29) is 27.7 Å². The molecule has 0 atom stereocenters. The Morgan fingerprint density at radius 2 is 1.75 bits per heavy atom. The maximum absolute atomic E-state index is 5.77. The van der Waals surface area contributed by atoms with Gasteiger partial charge in [0.25, 0.3) is 0 Å². The van der Waals surface area contributed by atoms with Crippen LogP contribution in [0, 0.1) is 5.41 Å². The normalized spacial score (nSPS) is 2.00. The van der Waals surface area contributed by atoms with Crippen molar-refractivity contribution in [3.63, 3.8) is 0 Å². The Kier molecular flexibility index (Phi) is 20.5. The van der Waals surface area contributed by atoms with E-state index in [1.165, 1.54) is 0 Å². The van der Waals surface area contributed by atoms with E-state index in [2.05, 4.69) is 12.2 Å². The zero-order valence-electron chi connectivity index (χ0n) is 2.12. The molecule has 0 amide bonds. The second-order valence-corrected chi connectivity index (χ2v) is 0.306. The summed E-state index contributed by atoms with van der Waals surface area (Å²) in [5.41, 5.74) is 0. The molecule has 0 heterocycles. The maximum atomic E-state index is 5.77. The zero-order valence-corrected chi connectivity index (χ0v) is 8.43. The first kappa shape index (κ1) is 8.83. The van der Waals surface area contributed by atoms with Crippen LogP contribution in [0.5, 0.6) is 0 Å². The van der Waals surface area contributed by atoms with E-state index in [0.29, 0.717) is 0 Å². The fourth-order valence-electron chi connectivity index (χ4n) is 0. The monoisotopic (exact) mass is 261 g/mol. The third-order valence-corrected chi connectivity index (χ3v) is 0. The number of nitrogens with one attached hydrogen (secondary N) is 1. The second-order valence-electron chi connectivity index (χ2n) is 0.102. The predicted octanol–water partition coefficient (Wildman–Crippen LogP) is 0.665. The summed E-state index contributed by atoms with van der Waals surface area (Å²) in [6.45, 7) is 0. The molecular formula is CHHgNS. The standard InChI is InChI=1S/CHNS.Hg/c2-1-3;/h2H;. The molecule has 0 bridgehead atoms. The Morgan fingerprint density at radius 3 is 1.75 bits per heavy atom. The van der Waals surface area contributed by atoms with Crippen molar-refractivity contribution >= 4 is 17.4 Å². The first-order valence-corrected chi connectivity index (χ1v) is 0.862.